The molecule has 3 aromatic rings. The average Bonchev–Trinajstić information content (AvgIpc) is 3.06. The zero-order valence-corrected chi connectivity index (χ0v) is 15.9. The van der Waals surface area contributed by atoms with Gasteiger partial charge in [0.05, 0.1) is 4.34 Å². The number of thiophene rings is 1. The molecule has 4 rings (SSSR count). The molecule has 2 atom stereocenters. The first-order chi connectivity index (χ1) is 12.0. The molecule has 0 N–H and O–H groups in total. The fourth-order valence-corrected chi connectivity index (χ4v) is 4.81. The van der Waals surface area contributed by atoms with Crippen molar-refractivity contribution in [3.63, 3.8) is 0 Å². The van der Waals surface area contributed by atoms with E-state index >= 15 is 0 Å². The fraction of sp³-hybridized carbons (Fsp3) is 0.300. The second kappa shape index (κ2) is 6.17. The van der Waals surface area contributed by atoms with Gasteiger partial charge in [-0.05, 0) is 56.6 Å². The van der Waals surface area contributed by atoms with Gasteiger partial charge in [0.2, 0.25) is 0 Å². The molecule has 1 aliphatic rings. The molecule has 1 aromatic carbocycles. The molecule has 0 aliphatic carbocycles. The molecule has 3 heterocycles. The highest BCUT2D eigenvalue weighted by molar-refractivity contribution is 7.22. The minimum Gasteiger partial charge on any atom is -0.296 e. The highest BCUT2D eigenvalue weighted by Gasteiger charge is 2.32. The van der Waals surface area contributed by atoms with Crippen molar-refractivity contribution in [2.75, 3.05) is 7.05 Å². The molecule has 2 aromatic heterocycles. The molecule has 128 valence electrons. The molecule has 1 aliphatic heterocycles. The lowest BCUT2D eigenvalue weighted by molar-refractivity contribution is 0.179. The van der Waals surface area contributed by atoms with E-state index < -0.39 is 0 Å². The summed E-state index contributed by atoms with van der Waals surface area (Å²) < 4.78 is 16.2. The van der Waals surface area contributed by atoms with Crippen molar-refractivity contribution < 1.29 is 4.39 Å². The standard InChI is InChI=1S/C20H18ClFN2S/c1-12-9-17-19(13(2)23(12)3)16-11-18(21)25-20(16)24(17)8-7-14-5-4-6-15(22)10-14/h4-6,10-13H,9H2,1-3H3. The predicted molar refractivity (Wildman–Crippen MR) is 103 cm³/mol. The van der Waals surface area contributed by atoms with Crippen LogP contribution in [0.25, 0.3) is 10.2 Å². The highest BCUT2D eigenvalue weighted by Crippen LogP contribution is 2.42. The van der Waals surface area contributed by atoms with Gasteiger partial charge in [0, 0.05) is 41.2 Å². The number of aromatic nitrogens is 1. The SMILES string of the molecule is CC1Cc2c(c3cc(Cl)sc3n2C#Cc2cccc(F)c2)C(C)N1C. The van der Waals surface area contributed by atoms with E-state index in [0.717, 1.165) is 15.6 Å². The first kappa shape index (κ1) is 16.7. The van der Waals surface area contributed by atoms with Crippen LogP contribution in [0.3, 0.4) is 0 Å². The normalized spacial score (nSPS) is 20.4. The summed E-state index contributed by atoms with van der Waals surface area (Å²) in [5.41, 5.74) is 3.24. The summed E-state index contributed by atoms with van der Waals surface area (Å²) in [6.45, 7) is 4.46. The van der Waals surface area contributed by atoms with E-state index in [1.54, 1.807) is 17.4 Å². The lowest BCUT2D eigenvalue weighted by atomic mass is 9.94. The summed E-state index contributed by atoms with van der Waals surface area (Å²) in [5, 5.41) is 1.18. The van der Waals surface area contributed by atoms with Crippen molar-refractivity contribution in [1.29, 1.82) is 0 Å². The van der Waals surface area contributed by atoms with E-state index in [1.807, 2.05) is 12.1 Å². The Kier molecular flexibility index (Phi) is 4.11. The Balaban J connectivity index is 1.91. The number of hydrogen-bond donors (Lipinski definition) is 0. The van der Waals surface area contributed by atoms with E-state index in [4.69, 9.17) is 11.6 Å². The zero-order valence-electron chi connectivity index (χ0n) is 14.3. The van der Waals surface area contributed by atoms with Crippen LogP contribution in [0.2, 0.25) is 4.34 Å². The van der Waals surface area contributed by atoms with Crippen LogP contribution in [-0.4, -0.2) is 22.6 Å². The highest BCUT2D eigenvalue weighted by atomic mass is 35.5. The monoisotopic (exact) mass is 372 g/mol. The van der Waals surface area contributed by atoms with Gasteiger partial charge in [-0.3, -0.25) is 9.47 Å². The molecule has 0 radical (unpaired) electrons. The summed E-state index contributed by atoms with van der Waals surface area (Å²) in [7, 11) is 2.16. The second-order valence-corrected chi connectivity index (χ2v) is 8.27. The van der Waals surface area contributed by atoms with Crippen LogP contribution < -0.4 is 0 Å². The Bertz CT molecular complexity index is 1020. The summed E-state index contributed by atoms with van der Waals surface area (Å²) in [4.78, 5) is 3.46. The lowest BCUT2D eigenvalue weighted by Gasteiger charge is -2.36. The van der Waals surface area contributed by atoms with E-state index in [-0.39, 0.29) is 5.82 Å². The Hall–Kier alpha value is -1.80. The smallest absolute Gasteiger partial charge is 0.124 e. The summed E-state index contributed by atoms with van der Waals surface area (Å²) >= 11 is 7.83. The Labute approximate surface area is 155 Å². The van der Waals surface area contributed by atoms with Crippen LogP contribution >= 0.6 is 22.9 Å². The molecular formula is C20H18ClFN2S. The molecule has 25 heavy (non-hydrogen) atoms. The van der Waals surface area contributed by atoms with Gasteiger partial charge in [0.25, 0.3) is 0 Å². The summed E-state index contributed by atoms with van der Waals surface area (Å²) in [5.74, 6) is 2.83. The lowest BCUT2D eigenvalue weighted by Crippen LogP contribution is -2.38. The van der Waals surface area contributed by atoms with Gasteiger partial charge in [-0.2, -0.15) is 0 Å². The van der Waals surface area contributed by atoms with Crippen LogP contribution in [0.1, 0.15) is 36.7 Å². The van der Waals surface area contributed by atoms with Crippen molar-refractivity contribution in [1.82, 2.24) is 9.47 Å². The third-order valence-electron chi connectivity index (χ3n) is 5.11. The Morgan fingerprint density at radius 2 is 2.08 bits per heavy atom. The second-order valence-electron chi connectivity index (χ2n) is 6.61. The van der Waals surface area contributed by atoms with Crippen LogP contribution in [-0.2, 0) is 6.42 Å². The van der Waals surface area contributed by atoms with Crippen LogP contribution in [0.15, 0.2) is 30.3 Å². The van der Waals surface area contributed by atoms with Crippen LogP contribution in [0.4, 0.5) is 4.39 Å². The van der Waals surface area contributed by atoms with Gasteiger partial charge >= 0.3 is 0 Å². The number of rotatable bonds is 0. The number of halogens is 2. The predicted octanol–water partition coefficient (Wildman–Crippen LogP) is 5.29. The maximum atomic E-state index is 13.4. The van der Waals surface area contributed by atoms with Gasteiger partial charge in [0.15, 0.2) is 0 Å². The quantitative estimate of drug-likeness (QED) is 0.487. The molecule has 0 amide bonds. The van der Waals surface area contributed by atoms with Crippen molar-refractivity contribution in [2.45, 2.75) is 32.4 Å². The summed E-state index contributed by atoms with van der Waals surface area (Å²) in [6, 6.07) is 12.4. The van der Waals surface area contributed by atoms with Gasteiger partial charge in [-0.15, -0.1) is 11.3 Å². The third-order valence-corrected chi connectivity index (χ3v) is 6.36. The van der Waals surface area contributed by atoms with Crippen molar-refractivity contribution in [2.24, 2.45) is 0 Å². The Morgan fingerprint density at radius 3 is 2.84 bits per heavy atom. The molecule has 0 spiro atoms. The van der Waals surface area contributed by atoms with E-state index in [1.165, 1.54) is 28.8 Å². The zero-order chi connectivity index (χ0) is 17.7. The number of nitrogens with zero attached hydrogens (tertiary/aromatic N) is 2. The molecule has 2 nitrogen and oxygen atoms in total. The average molecular weight is 373 g/mol. The van der Waals surface area contributed by atoms with Crippen molar-refractivity contribution in [3.8, 4) is 12.0 Å². The van der Waals surface area contributed by atoms with Gasteiger partial charge in [-0.25, -0.2) is 4.39 Å². The fourth-order valence-electron chi connectivity index (χ4n) is 3.59. The largest absolute Gasteiger partial charge is 0.296 e. The third kappa shape index (κ3) is 2.77. The van der Waals surface area contributed by atoms with Crippen molar-refractivity contribution in [3.05, 3.63) is 57.3 Å². The number of benzene rings is 1. The van der Waals surface area contributed by atoms with Crippen LogP contribution in [0.5, 0.6) is 0 Å². The first-order valence-electron chi connectivity index (χ1n) is 8.27. The van der Waals surface area contributed by atoms with E-state index in [2.05, 4.69) is 42.3 Å². The van der Waals surface area contributed by atoms with E-state index in [0.29, 0.717) is 17.6 Å². The molecule has 0 fully saturated rings. The molecular weight excluding hydrogens is 355 g/mol. The molecule has 0 bridgehead atoms. The van der Waals surface area contributed by atoms with Crippen LogP contribution in [0, 0.1) is 17.8 Å². The van der Waals surface area contributed by atoms with Gasteiger partial charge in [-0.1, -0.05) is 17.7 Å². The van der Waals surface area contributed by atoms with Gasteiger partial charge < -0.3 is 0 Å². The number of fused-ring (bicyclic) bond motifs is 3. The minimum absolute atomic E-state index is 0.269. The first-order valence-corrected chi connectivity index (χ1v) is 9.47. The molecule has 0 saturated carbocycles. The maximum Gasteiger partial charge on any atom is 0.124 e. The molecule has 2 unspecified atom stereocenters. The topological polar surface area (TPSA) is 8.17 Å². The maximum absolute atomic E-state index is 13.4. The minimum atomic E-state index is -0.269. The van der Waals surface area contributed by atoms with Crippen molar-refractivity contribution >= 4 is 33.2 Å². The number of hydrogen-bond acceptors (Lipinski definition) is 2. The molecule has 5 heteroatoms. The molecule has 0 saturated heterocycles. The Morgan fingerprint density at radius 1 is 1.28 bits per heavy atom. The summed E-state index contributed by atoms with van der Waals surface area (Å²) in [6.07, 6.45) is 0.938. The van der Waals surface area contributed by atoms with Gasteiger partial charge in [0.1, 0.15) is 10.6 Å². The number of likely N-dealkylation sites (N-methyl/N-ethyl adjacent to an activating group) is 1. The van der Waals surface area contributed by atoms with E-state index in [9.17, 15) is 4.39 Å².